The number of aromatic amines is 1. The largest absolute Gasteiger partial charge is 0.378 e. The third kappa shape index (κ3) is 1.40. The molecular formula is C10H10N2O2. The highest BCUT2D eigenvalue weighted by molar-refractivity contribution is 5.94. The zero-order valence-corrected chi connectivity index (χ0v) is 7.78. The number of nitrogens with one attached hydrogen (secondary N) is 1. The number of hydrogen-bond donors (Lipinski definition) is 1. The fourth-order valence-corrected chi connectivity index (χ4v) is 1.43. The average molecular weight is 190 g/mol. The summed E-state index contributed by atoms with van der Waals surface area (Å²) in [6.45, 7) is 0.495. The highest BCUT2D eigenvalue weighted by Crippen LogP contribution is 2.16. The van der Waals surface area contributed by atoms with E-state index in [0.29, 0.717) is 12.2 Å². The van der Waals surface area contributed by atoms with Gasteiger partial charge in [-0.25, -0.2) is 0 Å². The topological polar surface area (TPSA) is 55.0 Å². The Kier molecular flexibility index (Phi) is 2.28. The van der Waals surface area contributed by atoms with Crippen molar-refractivity contribution in [2.75, 3.05) is 7.11 Å². The van der Waals surface area contributed by atoms with Crippen LogP contribution < -0.4 is 0 Å². The van der Waals surface area contributed by atoms with Gasteiger partial charge in [0, 0.05) is 24.6 Å². The molecule has 0 radical (unpaired) electrons. The summed E-state index contributed by atoms with van der Waals surface area (Å²) in [5, 5.41) is 0. The Hall–Kier alpha value is -1.68. The Morgan fingerprint density at radius 3 is 3.21 bits per heavy atom. The number of nitrogens with zero attached hydrogens (tertiary/aromatic N) is 1. The number of carbonyl (C=O) groups excluding carboxylic acids is 1. The van der Waals surface area contributed by atoms with Gasteiger partial charge in [-0.3, -0.25) is 9.78 Å². The number of rotatable bonds is 3. The van der Waals surface area contributed by atoms with Crippen molar-refractivity contribution in [1.82, 2.24) is 9.97 Å². The molecule has 1 N–H and O–H groups in total. The van der Waals surface area contributed by atoms with Gasteiger partial charge in [-0.2, -0.15) is 0 Å². The van der Waals surface area contributed by atoms with Gasteiger partial charge in [0.05, 0.1) is 17.6 Å². The summed E-state index contributed by atoms with van der Waals surface area (Å²) in [4.78, 5) is 18.0. The minimum atomic E-state index is 0.495. The van der Waals surface area contributed by atoms with Crippen molar-refractivity contribution in [3.63, 3.8) is 0 Å². The third-order valence-electron chi connectivity index (χ3n) is 2.04. The van der Waals surface area contributed by atoms with Crippen LogP contribution in [0, 0.1) is 0 Å². The molecule has 0 aromatic carbocycles. The van der Waals surface area contributed by atoms with Gasteiger partial charge in [0.1, 0.15) is 0 Å². The van der Waals surface area contributed by atoms with Crippen LogP contribution in [0.5, 0.6) is 0 Å². The summed E-state index contributed by atoms with van der Waals surface area (Å²) in [5.41, 5.74) is 3.11. The van der Waals surface area contributed by atoms with Crippen LogP contribution in [0.3, 0.4) is 0 Å². The zero-order chi connectivity index (χ0) is 9.97. The maximum Gasteiger partial charge on any atom is 0.152 e. The van der Waals surface area contributed by atoms with Gasteiger partial charge in [0.15, 0.2) is 6.29 Å². The summed E-state index contributed by atoms with van der Waals surface area (Å²) in [6.07, 6.45) is 2.44. The summed E-state index contributed by atoms with van der Waals surface area (Å²) in [7, 11) is 1.62. The number of fused-ring (bicyclic) bond motifs is 1. The molecule has 0 bridgehead atoms. The second kappa shape index (κ2) is 3.59. The Balaban J connectivity index is 2.58. The molecule has 0 saturated heterocycles. The fraction of sp³-hybridized carbons (Fsp3) is 0.200. The molecule has 0 spiro atoms. The molecule has 0 atom stereocenters. The van der Waals surface area contributed by atoms with E-state index in [2.05, 4.69) is 9.97 Å². The van der Waals surface area contributed by atoms with Crippen molar-refractivity contribution in [2.24, 2.45) is 0 Å². The molecule has 0 fully saturated rings. The average Bonchev–Trinajstić information content (AvgIpc) is 2.60. The van der Waals surface area contributed by atoms with Gasteiger partial charge >= 0.3 is 0 Å². The lowest BCUT2D eigenvalue weighted by Crippen LogP contribution is -1.87. The zero-order valence-electron chi connectivity index (χ0n) is 7.78. The minimum absolute atomic E-state index is 0.495. The quantitative estimate of drug-likeness (QED) is 0.746. The van der Waals surface area contributed by atoms with E-state index in [9.17, 15) is 4.79 Å². The van der Waals surface area contributed by atoms with Crippen molar-refractivity contribution in [3.8, 4) is 0 Å². The van der Waals surface area contributed by atoms with Gasteiger partial charge in [0.2, 0.25) is 0 Å². The third-order valence-corrected chi connectivity index (χ3v) is 2.04. The second-order valence-electron chi connectivity index (χ2n) is 3.01. The van der Waals surface area contributed by atoms with E-state index < -0.39 is 0 Å². The van der Waals surface area contributed by atoms with Crippen LogP contribution in [0.25, 0.3) is 11.0 Å². The van der Waals surface area contributed by atoms with Crippen molar-refractivity contribution in [1.29, 1.82) is 0 Å². The summed E-state index contributed by atoms with van der Waals surface area (Å²) < 4.78 is 4.98. The maximum absolute atomic E-state index is 10.7. The molecule has 2 heterocycles. The van der Waals surface area contributed by atoms with Gasteiger partial charge in [-0.1, -0.05) is 0 Å². The molecule has 4 nitrogen and oxygen atoms in total. The van der Waals surface area contributed by atoms with Crippen LogP contribution in [0.15, 0.2) is 18.3 Å². The molecule has 0 saturated carbocycles. The van der Waals surface area contributed by atoms with Crippen LogP contribution >= 0.6 is 0 Å². The second-order valence-corrected chi connectivity index (χ2v) is 3.01. The van der Waals surface area contributed by atoms with E-state index in [-0.39, 0.29) is 0 Å². The molecule has 0 aliphatic rings. The molecule has 0 amide bonds. The number of aldehydes is 1. The van der Waals surface area contributed by atoms with Crippen molar-refractivity contribution in [3.05, 3.63) is 29.6 Å². The highest BCUT2D eigenvalue weighted by atomic mass is 16.5. The number of H-pyrrole nitrogens is 1. The molecule has 0 aliphatic heterocycles. The van der Waals surface area contributed by atoms with Crippen LogP contribution in [-0.4, -0.2) is 23.4 Å². The molecule has 2 rings (SSSR count). The number of methoxy groups -OCH3 is 1. The van der Waals surface area contributed by atoms with Gasteiger partial charge in [-0.15, -0.1) is 0 Å². The van der Waals surface area contributed by atoms with Crippen LogP contribution in [0.2, 0.25) is 0 Å². The molecule has 2 aromatic heterocycles. The lowest BCUT2D eigenvalue weighted by atomic mass is 10.2. The van der Waals surface area contributed by atoms with E-state index in [1.165, 1.54) is 0 Å². The smallest absolute Gasteiger partial charge is 0.152 e. The first-order valence-corrected chi connectivity index (χ1v) is 4.26. The van der Waals surface area contributed by atoms with E-state index in [0.717, 1.165) is 23.0 Å². The molecule has 0 unspecified atom stereocenters. The van der Waals surface area contributed by atoms with Gasteiger partial charge in [-0.05, 0) is 12.1 Å². The molecule has 2 aromatic rings. The molecular weight excluding hydrogens is 180 g/mol. The molecule has 4 heteroatoms. The number of pyridine rings is 1. The predicted molar refractivity (Wildman–Crippen MR) is 52.2 cm³/mol. The first kappa shape index (κ1) is 8.90. The fourth-order valence-electron chi connectivity index (χ4n) is 1.43. The van der Waals surface area contributed by atoms with Crippen molar-refractivity contribution >= 4 is 17.3 Å². The van der Waals surface area contributed by atoms with Crippen LogP contribution in [0.4, 0.5) is 0 Å². The van der Waals surface area contributed by atoms with Crippen LogP contribution in [0.1, 0.15) is 16.1 Å². The van der Waals surface area contributed by atoms with Gasteiger partial charge < -0.3 is 9.72 Å². The molecule has 0 aliphatic carbocycles. The lowest BCUT2D eigenvalue weighted by molar-refractivity contribution is 0.112. The number of ether oxygens (including phenoxy) is 1. The standard InChI is InChI=1S/C10H10N2O2/c1-14-6-8-4-9-10(12-8)7(5-13)2-3-11-9/h2-5,12H,6H2,1H3. The van der Waals surface area contributed by atoms with Crippen molar-refractivity contribution in [2.45, 2.75) is 6.61 Å². The highest BCUT2D eigenvalue weighted by Gasteiger charge is 2.05. The monoisotopic (exact) mass is 190 g/mol. The Morgan fingerprint density at radius 2 is 2.50 bits per heavy atom. The maximum atomic E-state index is 10.7. The summed E-state index contributed by atoms with van der Waals surface area (Å²) in [5.74, 6) is 0. The van der Waals surface area contributed by atoms with Gasteiger partial charge in [0.25, 0.3) is 0 Å². The van der Waals surface area contributed by atoms with Crippen LogP contribution in [-0.2, 0) is 11.3 Å². The Bertz CT molecular complexity index is 462. The first-order valence-electron chi connectivity index (χ1n) is 4.26. The lowest BCUT2D eigenvalue weighted by Gasteiger charge is -1.93. The normalized spacial score (nSPS) is 10.6. The Labute approximate surface area is 80.9 Å². The molecule has 14 heavy (non-hydrogen) atoms. The van der Waals surface area contributed by atoms with E-state index in [4.69, 9.17) is 4.74 Å². The van der Waals surface area contributed by atoms with E-state index in [1.807, 2.05) is 6.07 Å². The van der Waals surface area contributed by atoms with Crippen molar-refractivity contribution < 1.29 is 9.53 Å². The molecule has 72 valence electrons. The number of hydrogen-bond acceptors (Lipinski definition) is 3. The predicted octanol–water partition coefficient (Wildman–Crippen LogP) is 1.52. The number of aromatic nitrogens is 2. The minimum Gasteiger partial charge on any atom is -0.378 e. The van der Waals surface area contributed by atoms with E-state index >= 15 is 0 Å². The summed E-state index contributed by atoms with van der Waals surface area (Å²) >= 11 is 0. The first-order chi connectivity index (χ1) is 6.85. The van der Waals surface area contributed by atoms with E-state index in [1.54, 1.807) is 19.4 Å². The Morgan fingerprint density at radius 1 is 1.64 bits per heavy atom. The SMILES string of the molecule is COCc1cc2nccc(C=O)c2[nH]1. The number of carbonyl (C=O) groups is 1. The summed E-state index contributed by atoms with van der Waals surface area (Å²) in [6, 6.07) is 3.56.